The number of nitrogens with zero attached hydrogens (tertiary/aromatic N) is 1. The molecule has 106 valence electrons. The van der Waals surface area contributed by atoms with Gasteiger partial charge in [0.1, 0.15) is 5.75 Å². The highest BCUT2D eigenvalue weighted by Gasteiger charge is 2.17. The predicted octanol–water partition coefficient (Wildman–Crippen LogP) is 2.66. The first-order valence-corrected chi connectivity index (χ1v) is 7.31. The minimum absolute atomic E-state index is 0.238. The number of nitrogens with one attached hydrogen (secondary N) is 1. The predicted molar refractivity (Wildman–Crippen MR) is 79.6 cm³/mol. The van der Waals surface area contributed by atoms with Crippen LogP contribution in [0.3, 0.4) is 0 Å². The molecule has 0 aromatic heterocycles. The summed E-state index contributed by atoms with van der Waals surface area (Å²) in [5.74, 6) is 0.959. The highest BCUT2D eigenvalue weighted by Crippen LogP contribution is 2.17. The van der Waals surface area contributed by atoms with E-state index >= 15 is 0 Å². The molecule has 2 rings (SSSR count). The number of ether oxygens (including phenoxy) is 1. The third kappa shape index (κ3) is 4.51. The fourth-order valence-electron chi connectivity index (χ4n) is 2.57. The summed E-state index contributed by atoms with van der Waals surface area (Å²) < 4.78 is 5.67. The van der Waals surface area contributed by atoms with Crippen molar-refractivity contribution in [3.63, 3.8) is 0 Å². The molecule has 1 atom stereocenters. The lowest BCUT2D eigenvalue weighted by Gasteiger charge is -2.31. The zero-order valence-corrected chi connectivity index (χ0v) is 12.4. The average molecular weight is 262 g/mol. The number of hydrogen-bond acceptors (Lipinski definition) is 3. The molecule has 1 fully saturated rings. The molecule has 1 aliphatic rings. The quantitative estimate of drug-likeness (QED) is 0.883. The van der Waals surface area contributed by atoms with Crippen LogP contribution in [-0.2, 0) is 6.54 Å². The summed E-state index contributed by atoms with van der Waals surface area (Å²) >= 11 is 0. The van der Waals surface area contributed by atoms with E-state index in [9.17, 15) is 0 Å². The Morgan fingerprint density at radius 2 is 2.05 bits per heavy atom. The highest BCUT2D eigenvalue weighted by molar-refractivity contribution is 5.27. The minimum Gasteiger partial charge on any atom is -0.491 e. The lowest BCUT2D eigenvalue weighted by atomic mass is 10.1. The van der Waals surface area contributed by atoms with Gasteiger partial charge >= 0.3 is 0 Å². The molecule has 3 heteroatoms. The van der Waals surface area contributed by atoms with Crippen LogP contribution in [-0.4, -0.2) is 37.2 Å². The molecule has 1 aromatic carbocycles. The summed E-state index contributed by atoms with van der Waals surface area (Å²) in [5.41, 5.74) is 1.35. The second kappa shape index (κ2) is 6.92. The second-order valence-electron chi connectivity index (χ2n) is 5.73. The van der Waals surface area contributed by atoms with E-state index in [1.54, 1.807) is 0 Å². The first kappa shape index (κ1) is 14.4. The Kier molecular flexibility index (Phi) is 5.23. The molecule has 1 saturated heterocycles. The van der Waals surface area contributed by atoms with Gasteiger partial charge in [-0.25, -0.2) is 0 Å². The first-order valence-electron chi connectivity index (χ1n) is 7.31. The molecule has 1 N–H and O–H groups in total. The lowest BCUT2D eigenvalue weighted by Crippen LogP contribution is -2.43. The van der Waals surface area contributed by atoms with Gasteiger partial charge in [0.15, 0.2) is 0 Å². The van der Waals surface area contributed by atoms with Crippen molar-refractivity contribution in [1.29, 1.82) is 0 Å². The summed E-state index contributed by atoms with van der Waals surface area (Å²) in [5, 5.41) is 3.47. The van der Waals surface area contributed by atoms with Crippen molar-refractivity contribution in [3.8, 4) is 5.75 Å². The summed E-state index contributed by atoms with van der Waals surface area (Å²) in [6.07, 6.45) is 2.83. The Bertz CT molecular complexity index is 369. The molecule has 0 saturated carbocycles. The van der Waals surface area contributed by atoms with Crippen LogP contribution in [0.25, 0.3) is 0 Å². The van der Waals surface area contributed by atoms with Gasteiger partial charge in [-0.15, -0.1) is 0 Å². The van der Waals surface area contributed by atoms with Gasteiger partial charge in [0.2, 0.25) is 0 Å². The van der Waals surface area contributed by atoms with Crippen molar-refractivity contribution in [2.75, 3.05) is 20.1 Å². The van der Waals surface area contributed by atoms with Crippen molar-refractivity contribution in [1.82, 2.24) is 10.2 Å². The zero-order chi connectivity index (χ0) is 13.7. The lowest BCUT2D eigenvalue weighted by molar-refractivity contribution is 0.195. The fourth-order valence-corrected chi connectivity index (χ4v) is 2.57. The van der Waals surface area contributed by atoms with Gasteiger partial charge in [-0.3, -0.25) is 4.90 Å². The Balaban J connectivity index is 1.87. The maximum atomic E-state index is 5.67. The van der Waals surface area contributed by atoms with Crippen molar-refractivity contribution < 1.29 is 4.74 Å². The largest absolute Gasteiger partial charge is 0.491 e. The molecular weight excluding hydrogens is 236 g/mol. The smallest absolute Gasteiger partial charge is 0.119 e. The van der Waals surface area contributed by atoms with Crippen molar-refractivity contribution in [2.45, 2.75) is 45.4 Å². The summed E-state index contributed by atoms with van der Waals surface area (Å²) in [7, 11) is 2.22. The van der Waals surface area contributed by atoms with Crippen LogP contribution in [0.5, 0.6) is 5.75 Å². The third-order valence-electron chi connectivity index (χ3n) is 3.62. The fraction of sp³-hybridized carbons (Fsp3) is 0.625. The molecule has 0 aliphatic carbocycles. The van der Waals surface area contributed by atoms with Gasteiger partial charge in [0.05, 0.1) is 6.10 Å². The molecule has 0 spiro atoms. The topological polar surface area (TPSA) is 24.5 Å². The van der Waals surface area contributed by atoms with E-state index in [0.717, 1.165) is 18.8 Å². The van der Waals surface area contributed by atoms with Gasteiger partial charge in [0, 0.05) is 19.1 Å². The number of rotatable bonds is 5. The molecule has 3 nitrogen and oxygen atoms in total. The van der Waals surface area contributed by atoms with Crippen molar-refractivity contribution >= 4 is 0 Å². The van der Waals surface area contributed by atoms with Gasteiger partial charge in [-0.1, -0.05) is 12.1 Å². The van der Waals surface area contributed by atoms with E-state index in [1.807, 2.05) is 0 Å². The molecule has 0 bridgehead atoms. The van der Waals surface area contributed by atoms with Crippen molar-refractivity contribution in [3.05, 3.63) is 29.8 Å². The molecule has 1 unspecified atom stereocenters. The highest BCUT2D eigenvalue weighted by atomic mass is 16.5. The summed E-state index contributed by atoms with van der Waals surface area (Å²) in [6, 6.07) is 9.15. The van der Waals surface area contributed by atoms with E-state index in [-0.39, 0.29) is 6.10 Å². The normalized spacial score (nSPS) is 19.9. The number of benzene rings is 1. The van der Waals surface area contributed by atoms with Crippen LogP contribution in [0.15, 0.2) is 24.3 Å². The van der Waals surface area contributed by atoms with Gasteiger partial charge in [0.25, 0.3) is 0 Å². The van der Waals surface area contributed by atoms with Crippen LogP contribution < -0.4 is 10.1 Å². The van der Waals surface area contributed by atoms with Crippen LogP contribution in [0.1, 0.15) is 32.3 Å². The Morgan fingerprint density at radius 3 is 2.63 bits per heavy atom. The minimum atomic E-state index is 0.238. The van der Waals surface area contributed by atoms with Crippen LogP contribution >= 0.6 is 0 Å². The Hall–Kier alpha value is -1.06. The second-order valence-corrected chi connectivity index (χ2v) is 5.73. The van der Waals surface area contributed by atoms with E-state index in [1.165, 1.54) is 24.9 Å². The maximum Gasteiger partial charge on any atom is 0.119 e. The standard InChI is InChI=1S/C16H26N2O/c1-13(2)19-16-8-6-14(7-9-16)12-18(3)15-5-4-10-17-11-15/h6-9,13,15,17H,4-5,10-12H2,1-3H3. The molecule has 1 heterocycles. The molecule has 1 aliphatic heterocycles. The van der Waals surface area contributed by atoms with Crippen LogP contribution in [0.2, 0.25) is 0 Å². The average Bonchev–Trinajstić information content (AvgIpc) is 2.41. The molecule has 19 heavy (non-hydrogen) atoms. The van der Waals surface area contributed by atoms with E-state index < -0.39 is 0 Å². The SMILES string of the molecule is CC(C)Oc1ccc(CN(C)C2CCCNC2)cc1. The van der Waals surface area contributed by atoms with Crippen molar-refractivity contribution in [2.24, 2.45) is 0 Å². The first-order chi connectivity index (χ1) is 9.15. The zero-order valence-electron chi connectivity index (χ0n) is 12.4. The third-order valence-corrected chi connectivity index (χ3v) is 3.62. The summed E-state index contributed by atoms with van der Waals surface area (Å²) in [4.78, 5) is 2.45. The van der Waals surface area contributed by atoms with E-state index in [4.69, 9.17) is 4.74 Å². The molecule has 1 aromatic rings. The van der Waals surface area contributed by atoms with E-state index in [2.05, 4.69) is 55.4 Å². The van der Waals surface area contributed by atoms with Crippen LogP contribution in [0.4, 0.5) is 0 Å². The Labute approximate surface area is 116 Å². The number of hydrogen-bond donors (Lipinski definition) is 1. The van der Waals surface area contributed by atoms with Crippen LogP contribution in [0, 0.1) is 0 Å². The van der Waals surface area contributed by atoms with E-state index in [0.29, 0.717) is 6.04 Å². The monoisotopic (exact) mass is 262 g/mol. The Morgan fingerprint density at radius 1 is 1.32 bits per heavy atom. The van der Waals surface area contributed by atoms with Gasteiger partial charge in [-0.05, 0) is 58.0 Å². The number of likely N-dealkylation sites (N-methyl/N-ethyl adjacent to an activating group) is 1. The number of piperidine rings is 1. The molecular formula is C16H26N2O. The maximum absolute atomic E-state index is 5.67. The van der Waals surface area contributed by atoms with Gasteiger partial charge < -0.3 is 10.1 Å². The molecule has 0 radical (unpaired) electrons. The summed E-state index contributed by atoms with van der Waals surface area (Å²) in [6.45, 7) is 7.40. The molecule has 0 amide bonds. The van der Waals surface area contributed by atoms with Gasteiger partial charge in [-0.2, -0.15) is 0 Å².